The number of nitrogens with zero attached hydrogens (tertiary/aromatic N) is 1. The Morgan fingerprint density at radius 3 is 2.21 bits per heavy atom. The number of likely N-dealkylation sites (N-methyl/N-ethyl adjacent to an activating group) is 1. The maximum atomic E-state index is 13.2. The van der Waals surface area contributed by atoms with Crippen LogP contribution < -0.4 is 10.2 Å². The van der Waals surface area contributed by atoms with Gasteiger partial charge in [0.05, 0.1) is 12.6 Å². The van der Waals surface area contributed by atoms with Gasteiger partial charge in [-0.25, -0.2) is 0 Å². The summed E-state index contributed by atoms with van der Waals surface area (Å²) in [5.74, 6) is 0. The van der Waals surface area contributed by atoms with E-state index in [1.165, 1.54) is 22.5 Å². The molecule has 0 bridgehead atoms. The highest BCUT2D eigenvalue weighted by molar-refractivity contribution is 5.77. The molecule has 0 spiro atoms. The summed E-state index contributed by atoms with van der Waals surface area (Å²) < 4.78 is 39.7. The molecule has 0 radical (unpaired) electrons. The first kappa shape index (κ1) is 28.4. The summed E-state index contributed by atoms with van der Waals surface area (Å²) in [6.07, 6.45) is 4.71. The molecule has 3 aromatic rings. The molecule has 2 N–H and O–H groups in total. The molecule has 0 aliphatic carbocycles. The lowest BCUT2D eigenvalue weighted by molar-refractivity contribution is -0.540. The van der Waals surface area contributed by atoms with E-state index < -0.39 is 11.7 Å². The molecule has 1 aliphatic rings. The van der Waals surface area contributed by atoms with Gasteiger partial charge in [-0.15, -0.1) is 0 Å². The zero-order chi connectivity index (χ0) is 28.4. The maximum Gasteiger partial charge on any atom is 0.416 e. The number of anilines is 1. The van der Waals surface area contributed by atoms with E-state index in [1.807, 2.05) is 31.3 Å². The number of hydrogen-bond donors (Lipinski definition) is 1. The monoisotopic (exact) mass is 531 g/mol. The maximum absolute atomic E-state index is 13.2. The Morgan fingerprint density at radius 2 is 1.56 bits per heavy atom. The standard InChI is InChI=1S/C34H37F3N2/c1-32(2,27-13-7-9-15-29(27)38-5)23-11-12-24(25-17-20-26(21-18-25)34(35,36)37)19-22-31-33(3,4)28-14-8-10-16-30(28)39(31)6/h7-22,38H,23H2,1-6H3/p+1/b12-11+,24-19-,31-22+. The zero-order valence-electron chi connectivity index (χ0n) is 23.6. The van der Waals surface area contributed by atoms with E-state index in [4.69, 9.17) is 0 Å². The fourth-order valence-corrected chi connectivity index (χ4v) is 5.53. The van der Waals surface area contributed by atoms with Crippen LogP contribution in [-0.4, -0.2) is 14.1 Å². The largest absolute Gasteiger partial charge is 0.416 e. The van der Waals surface area contributed by atoms with Crippen LogP contribution in [0.3, 0.4) is 0 Å². The zero-order valence-corrected chi connectivity index (χ0v) is 23.6. The van der Waals surface area contributed by atoms with Crippen molar-refractivity contribution in [3.8, 4) is 0 Å². The average Bonchev–Trinajstić information content (AvgIpc) is 3.10. The lowest BCUT2D eigenvalue weighted by atomic mass is 9.80. The summed E-state index contributed by atoms with van der Waals surface area (Å²) in [4.78, 5) is 2.20. The molecule has 39 heavy (non-hydrogen) atoms. The quantitative estimate of drug-likeness (QED) is 0.241. The predicted molar refractivity (Wildman–Crippen MR) is 156 cm³/mol. The van der Waals surface area contributed by atoms with Gasteiger partial charge in [0.2, 0.25) is 0 Å². The van der Waals surface area contributed by atoms with Crippen LogP contribution in [-0.2, 0) is 17.0 Å². The highest BCUT2D eigenvalue weighted by Gasteiger charge is 2.37. The second-order valence-corrected chi connectivity index (χ2v) is 11.3. The topological polar surface area (TPSA) is 19.9 Å². The van der Waals surface area contributed by atoms with E-state index in [2.05, 4.69) is 93.5 Å². The Balaban J connectivity index is 1.71. The number of fused-ring (bicyclic) bond motifs is 1. The molecule has 0 unspecified atom stereocenters. The smallest absolute Gasteiger partial charge is 0.347 e. The summed E-state index contributed by atoms with van der Waals surface area (Å²) in [7, 11) is 4.11. The predicted octanol–water partition coefficient (Wildman–Crippen LogP) is 8.15. The fourth-order valence-electron chi connectivity index (χ4n) is 5.53. The third-order valence-electron chi connectivity index (χ3n) is 7.83. The molecule has 4 rings (SSSR count). The number of halogens is 3. The number of allylic oxidation sites excluding steroid dienone is 6. The summed E-state index contributed by atoms with van der Waals surface area (Å²) in [6, 6.07) is 22.2. The van der Waals surface area contributed by atoms with Crippen molar-refractivity contribution in [2.24, 2.45) is 0 Å². The summed E-state index contributed by atoms with van der Waals surface area (Å²) >= 11 is 0. The highest BCUT2D eigenvalue weighted by atomic mass is 19.4. The van der Waals surface area contributed by atoms with Crippen molar-refractivity contribution >= 4 is 16.9 Å². The number of rotatable bonds is 7. The van der Waals surface area contributed by atoms with Crippen molar-refractivity contribution in [1.29, 1.82) is 0 Å². The van der Waals surface area contributed by atoms with Crippen molar-refractivity contribution in [3.63, 3.8) is 0 Å². The average molecular weight is 532 g/mol. The lowest BCUT2D eigenvalue weighted by Gasteiger charge is -2.24. The Labute approximate surface area is 230 Å². The van der Waals surface area contributed by atoms with Crippen LogP contribution in [0, 0.1) is 0 Å². The molecule has 0 amide bonds. The van der Waals surface area contributed by atoms with Gasteiger partial charge >= 0.3 is 6.18 Å². The summed E-state index contributed by atoms with van der Waals surface area (Å²) in [5.41, 5.74) is 6.70. The minimum Gasteiger partial charge on any atom is -0.347 e. The molecular formula is C34H38F3N2+. The van der Waals surface area contributed by atoms with Gasteiger partial charge in [0.1, 0.15) is 5.69 Å². The van der Waals surface area contributed by atoms with Gasteiger partial charge in [-0.3, -0.25) is 0 Å². The van der Waals surface area contributed by atoms with Crippen molar-refractivity contribution < 1.29 is 18.5 Å². The van der Waals surface area contributed by atoms with Crippen molar-refractivity contribution in [2.45, 2.75) is 51.1 Å². The third-order valence-corrected chi connectivity index (χ3v) is 7.83. The molecule has 0 saturated carbocycles. The van der Waals surface area contributed by atoms with Crippen LogP contribution in [0.15, 0.2) is 103 Å². The molecule has 5 heteroatoms. The van der Waals surface area contributed by atoms with Gasteiger partial charge in [0.25, 0.3) is 0 Å². The first-order chi connectivity index (χ1) is 18.4. The van der Waals surface area contributed by atoms with Crippen molar-refractivity contribution in [3.05, 3.63) is 125 Å². The number of para-hydroxylation sites is 2. The van der Waals surface area contributed by atoms with Crippen molar-refractivity contribution in [2.75, 3.05) is 19.0 Å². The molecule has 0 saturated heterocycles. The van der Waals surface area contributed by atoms with Gasteiger partial charge in [-0.05, 0) is 58.9 Å². The second-order valence-electron chi connectivity index (χ2n) is 11.3. The SMILES string of the molecule is C[NH2+]c1ccccc1C(C)(C)C/C=C/C(=C/C=C1/N(C)c2ccccc2C1(C)C)c1ccc(C(F)(F)F)cc1. The molecule has 2 nitrogen and oxygen atoms in total. The van der Waals surface area contributed by atoms with Crippen LogP contribution in [0.25, 0.3) is 5.57 Å². The summed E-state index contributed by atoms with van der Waals surface area (Å²) in [6.45, 7) is 8.84. The number of quaternary nitrogens is 1. The highest BCUT2D eigenvalue weighted by Crippen LogP contribution is 2.46. The van der Waals surface area contributed by atoms with Gasteiger partial charge in [0.15, 0.2) is 0 Å². The van der Waals surface area contributed by atoms with Crippen LogP contribution in [0.4, 0.5) is 24.5 Å². The molecule has 204 valence electrons. The fraction of sp³-hybridized carbons (Fsp3) is 0.294. The van der Waals surface area contributed by atoms with E-state index in [0.29, 0.717) is 0 Å². The molecule has 1 heterocycles. The number of nitrogens with two attached hydrogens (primary N) is 1. The van der Waals surface area contributed by atoms with Crippen LogP contribution in [0.1, 0.15) is 56.4 Å². The first-order valence-corrected chi connectivity index (χ1v) is 13.3. The van der Waals surface area contributed by atoms with Gasteiger partial charge < -0.3 is 10.2 Å². The number of benzene rings is 3. The van der Waals surface area contributed by atoms with Gasteiger partial charge in [-0.2, -0.15) is 13.2 Å². The number of alkyl halides is 3. The number of hydrogen-bond acceptors (Lipinski definition) is 1. The van der Waals surface area contributed by atoms with Gasteiger partial charge in [-0.1, -0.05) is 94.5 Å². The van der Waals surface area contributed by atoms with Gasteiger partial charge in [0, 0.05) is 29.4 Å². The lowest BCUT2D eigenvalue weighted by Crippen LogP contribution is -2.73. The second kappa shape index (κ2) is 10.9. The molecule has 3 aromatic carbocycles. The van der Waals surface area contributed by atoms with Crippen LogP contribution >= 0.6 is 0 Å². The minimum absolute atomic E-state index is 0.112. The molecule has 0 atom stereocenters. The molecular weight excluding hydrogens is 493 g/mol. The third kappa shape index (κ3) is 5.89. The molecule has 1 aliphatic heterocycles. The van der Waals surface area contributed by atoms with Crippen LogP contribution in [0.5, 0.6) is 0 Å². The minimum atomic E-state index is -4.36. The Bertz CT molecular complexity index is 1410. The van der Waals surface area contributed by atoms with E-state index in [-0.39, 0.29) is 10.8 Å². The van der Waals surface area contributed by atoms with Crippen molar-refractivity contribution in [1.82, 2.24) is 0 Å². The first-order valence-electron chi connectivity index (χ1n) is 13.3. The Hall–Kier alpha value is -3.57. The van der Waals surface area contributed by atoms with E-state index >= 15 is 0 Å². The van der Waals surface area contributed by atoms with Crippen LogP contribution in [0.2, 0.25) is 0 Å². The Kier molecular flexibility index (Phi) is 7.94. The summed E-state index contributed by atoms with van der Waals surface area (Å²) in [5, 5.41) is 2.12. The van der Waals surface area contributed by atoms with E-state index in [1.54, 1.807) is 12.1 Å². The molecule has 0 aromatic heterocycles. The van der Waals surface area contributed by atoms with E-state index in [9.17, 15) is 13.2 Å². The normalized spacial score (nSPS) is 16.8. The van der Waals surface area contributed by atoms with E-state index in [0.717, 1.165) is 35.4 Å². The Morgan fingerprint density at radius 1 is 0.923 bits per heavy atom. The molecule has 0 fully saturated rings.